The predicted octanol–water partition coefficient (Wildman–Crippen LogP) is 7.69. The number of aromatic nitrogens is 2. The van der Waals surface area contributed by atoms with Crippen LogP contribution < -0.4 is 26.4 Å². The summed E-state index contributed by atoms with van der Waals surface area (Å²) in [5.41, 5.74) is 13.6. The molecular formula is C49H56N8O7. The fraction of sp³-hybridized carbons (Fsp3) is 0.408. The van der Waals surface area contributed by atoms with Crippen molar-refractivity contribution < 1.29 is 33.4 Å². The Labute approximate surface area is 372 Å². The third-order valence-electron chi connectivity index (χ3n) is 13.6. The van der Waals surface area contributed by atoms with Crippen LogP contribution in [0.5, 0.6) is 5.75 Å². The van der Waals surface area contributed by atoms with Crippen molar-refractivity contribution in [1.29, 1.82) is 0 Å². The number of methoxy groups -OCH3 is 2. The molecule has 4 amide bonds. The number of ether oxygens (including phenoxy) is 3. The number of nitrogen functional groups attached to an aromatic ring is 1. The highest BCUT2D eigenvalue weighted by Crippen LogP contribution is 2.45. The van der Waals surface area contributed by atoms with Crippen LogP contribution in [0.1, 0.15) is 81.4 Å². The average Bonchev–Trinajstić information content (AvgIpc) is 4.14. The molecule has 1 saturated carbocycles. The summed E-state index contributed by atoms with van der Waals surface area (Å²) in [6.45, 7) is 5.30. The fourth-order valence-corrected chi connectivity index (χ4v) is 10.4. The maximum Gasteiger partial charge on any atom is 0.407 e. The van der Waals surface area contributed by atoms with Crippen molar-refractivity contribution >= 4 is 46.1 Å². The summed E-state index contributed by atoms with van der Waals surface area (Å²) in [5.74, 6) is 1.47. The van der Waals surface area contributed by atoms with Crippen molar-refractivity contribution in [1.82, 2.24) is 30.4 Å². The second kappa shape index (κ2) is 17.8. The van der Waals surface area contributed by atoms with Crippen LogP contribution in [0.3, 0.4) is 0 Å². The first-order valence-corrected chi connectivity index (χ1v) is 22.3. The molecular weight excluding hydrogens is 813 g/mol. The number of nitrogens with two attached hydrogens (primary N) is 1. The van der Waals surface area contributed by atoms with E-state index in [-0.39, 0.29) is 35.9 Å². The molecule has 6 N–H and O–H groups in total. The van der Waals surface area contributed by atoms with E-state index in [1.54, 1.807) is 11.1 Å². The summed E-state index contributed by atoms with van der Waals surface area (Å²) in [5, 5.41) is 11.1. The lowest BCUT2D eigenvalue weighted by atomic mass is 9.92. The highest BCUT2D eigenvalue weighted by atomic mass is 16.5. The van der Waals surface area contributed by atoms with Gasteiger partial charge in [-0.25, -0.2) is 14.6 Å². The van der Waals surface area contributed by atoms with Gasteiger partial charge in [0.1, 0.15) is 30.3 Å². The van der Waals surface area contributed by atoms with E-state index < -0.39 is 24.3 Å². The number of carbonyl (C=O) groups is 4. The average molecular weight is 869 g/mol. The van der Waals surface area contributed by atoms with Crippen molar-refractivity contribution in [3.8, 4) is 28.1 Å². The van der Waals surface area contributed by atoms with E-state index in [1.165, 1.54) is 14.2 Å². The molecule has 9 rings (SSSR count). The molecule has 0 radical (unpaired) electrons. The molecule has 64 heavy (non-hydrogen) atoms. The van der Waals surface area contributed by atoms with Crippen LogP contribution in [0.15, 0.2) is 79.0 Å². The van der Waals surface area contributed by atoms with E-state index in [1.807, 2.05) is 61.2 Å². The van der Waals surface area contributed by atoms with Crippen LogP contribution in [0, 0.1) is 11.8 Å². The van der Waals surface area contributed by atoms with Gasteiger partial charge in [0, 0.05) is 36.1 Å². The summed E-state index contributed by atoms with van der Waals surface area (Å²) >= 11 is 0. The number of imidazole rings is 1. The first kappa shape index (κ1) is 42.5. The number of fused-ring (bicyclic) bond motifs is 5. The Morgan fingerprint density at radius 3 is 2.48 bits per heavy atom. The first-order valence-electron chi connectivity index (χ1n) is 22.3. The first-order chi connectivity index (χ1) is 31.0. The molecule has 2 saturated heterocycles. The predicted molar refractivity (Wildman–Crippen MR) is 243 cm³/mol. The molecule has 15 nitrogen and oxygen atoms in total. The number of likely N-dealkylation sites (tertiary alicyclic amines) is 2. The number of hydrogen-bond acceptors (Lipinski definition) is 10. The third-order valence-corrected chi connectivity index (χ3v) is 13.6. The lowest BCUT2D eigenvalue weighted by Crippen LogP contribution is -2.55. The minimum absolute atomic E-state index is 0.0685. The number of rotatable bonds is 11. The molecule has 3 aliphatic heterocycles. The zero-order valence-corrected chi connectivity index (χ0v) is 36.7. The Kier molecular flexibility index (Phi) is 11.8. The van der Waals surface area contributed by atoms with Crippen LogP contribution >= 0.6 is 0 Å². The summed E-state index contributed by atoms with van der Waals surface area (Å²) in [6.07, 6.45) is 6.07. The van der Waals surface area contributed by atoms with Gasteiger partial charge in [-0.05, 0) is 95.8 Å². The van der Waals surface area contributed by atoms with Crippen molar-refractivity contribution in [3.63, 3.8) is 0 Å². The van der Waals surface area contributed by atoms with Gasteiger partial charge >= 0.3 is 12.2 Å². The molecule has 334 valence electrons. The van der Waals surface area contributed by atoms with Gasteiger partial charge in [0.05, 0.1) is 43.5 Å². The Hall–Kier alpha value is -6.77. The molecule has 4 heterocycles. The van der Waals surface area contributed by atoms with Crippen LogP contribution in [-0.2, 0) is 25.7 Å². The smallest absolute Gasteiger partial charge is 0.407 e. The number of amides is 4. The van der Waals surface area contributed by atoms with Gasteiger partial charge in [-0.2, -0.15) is 0 Å². The van der Waals surface area contributed by atoms with Crippen molar-refractivity contribution in [2.45, 2.75) is 89.2 Å². The Morgan fingerprint density at radius 1 is 0.906 bits per heavy atom. The number of nitrogens with one attached hydrogen (secondary N) is 4. The molecule has 6 atom stereocenters. The molecule has 6 unspecified atom stereocenters. The molecule has 15 heteroatoms. The summed E-state index contributed by atoms with van der Waals surface area (Å²) in [4.78, 5) is 64.8. The molecule has 5 aromatic rings. The normalized spacial score (nSPS) is 20.8. The van der Waals surface area contributed by atoms with Gasteiger partial charge < -0.3 is 50.7 Å². The summed E-state index contributed by atoms with van der Waals surface area (Å²) < 4.78 is 16.2. The van der Waals surface area contributed by atoms with Crippen LogP contribution in [0.25, 0.3) is 33.2 Å². The lowest BCUT2D eigenvalue weighted by Gasteiger charge is -2.35. The van der Waals surface area contributed by atoms with Gasteiger partial charge in [0.2, 0.25) is 5.91 Å². The number of alkyl carbamates (subject to hydrolysis) is 2. The van der Waals surface area contributed by atoms with Gasteiger partial charge in [0.25, 0.3) is 5.91 Å². The zero-order chi connectivity index (χ0) is 44.6. The van der Waals surface area contributed by atoms with E-state index in [9.17, 15) is 19.2 Å². The Balaban J connectivity index is 0.932. The molecule has 4 aliphatic rings. The van der Waals surface area contributed by atoms with E-state index in [0.29, 0.717) is 42.7 Å². The number of benzene rings is 4. The number of nitrogens with zero attached hydrogens (tertiary/aromatic N) is 3. The molecule has 0 spiro atoms. The standard InChI is InChI=1S/C49H56N8O7/c1-27(2)42(54-48(60)62-3)47(59)57-33(21-31-12-8-13-39(31)57)24-51-44-35-23-41-36(22-29(35)16-18-37(44)50)34-17-15-30(20-32(34)26-64-41)38-25-52-45(53-38)40-14-9-19-56(40)46(58)43(55-49(61)63-4)28-10-6-5-7-11-28/h5-7,10-11,15-18,20,22-23,25,27,31,33,39-40,42-43,51H,8-9,12-14,19,21,24,26,50H2,1-4H3,(H,52,53)(H,54,60)(H,55,61). The van der Waals surface area contributed by atoms with Crippen LogP contribution in [0.4, 0.5) is 21.0 Å². The highest BCUT2D eigenvalue weighted by molar-refractivity contribution is 6.03. The monoisotopic (exact) mass is 868 g/mol. The van der Waals surface area contributed by atoms with Gasteiger partial charge in [0.15, 0.2) is 0 Å². The van der Waals surface area contributed by atoms with Crippen molar-refractivity contribution in [3.05, 3.63) is 95.9 Å². The van der Waals surface area contributed by atoms with E-state index >= 15 is 0 Å². The molecule has 0 bridgehead atoms. The minimum Gasteiger partial charge on any atom is -0.488 e. The highest BCUT2D eigenvalue weighted by Gasteiger charge is 2.48. The summed E-state index contributed by atoms with van der Waals surface area (Å²) in [7, 11) is 2.59. The minimum atomic E-state index is -0.897. The molecule has 1 aromatic heterocycles. The zero-order valence-electron chi connectivity index (χ0n) is 36.7. The maximum absolute atomic E-state index is 14.2. The molecule has 4 aromatic carbocycles. The molecule has 3 fully saturated rings. The van der Waals surface area contributed by atoms with Gasteiger partial charge in [-0.15, -0.1) is 0 Å². The second-order valence-corrected chi connectivity index (χ2v) is 17.7. The quantitative estimate of drug-likeness (QED) is 0.0822. The Bertz CT molecular complexity index is 2580. The molecule has 1 aliphatic carbocycles. The Morgan fingerprint density at radius 2 is 1.70 bits per heavy atom. The topological polar surface area (TPSA) is 193 Å². The maximum atomic E-state index is 14.2. The number of hydrogen-bond donors (Lipinski definition) is 5. The van der Waals surface area contributed by atoms with E-state index in [2.05, 4.69) is 51.3 Å². The number of anilines is 2. The summed E-state index contributed by atoms with van der Waals surface area (Å²) in [6, 6.07) is 21.8. The van der Waals surface area contributed by atoms with Crippen molar-refractivity contribution in [2.24, 2.45) is 11.8 Å². The number of aromatic amines is 1. The second-order valence-electron chi connectivity index (χ2n) is 17.7. The van der Waals surface area contributed by atoms with Gasteiger partial charge in [-0.1, -0.05) is 68.8 Å². The van der Waals surface area contributed by atoms with E-state index in [4.69, 9.17) is 24.9 Å². The van der Waals surface area contributed by atoms with Gasteiger partial charge in [-0.3, -0.25) is 9.59 Å². The van der Waals surface area contributed by atoms with E-state index in [0.717, 1.165) is 88.7 Å². The lowest BCUT2D eigenvalue weighted by molar-refractivity contribution is -0.137. The van der Waals surface area contributed by atoms with Crippen molar-refractivity contribution in [2.75, 3.05) is 38.4 Å². The van der Waals surface area contributed by atoms with Crippen LogP contribution in [-0.4, -0.2) is 89.2 Å². The van der Waals surface area contributed by atoms with Crippen LogP contribution in [0.2, 0.25) is 0 Å². The SMILES string of the molecule is COC(=O)NC(C(=O)N1CCCC1c1ncc(-c2ccc3c(c2)COc2cc4c(NCC5CC6CCCC6N5C(=O)C(NC(=O)OC)C(C)C)c(N)ccc4cc2-3)[nH]1)c1ccccc1. The third kappa shape index (κ3) is 8.03. The largest absolute Gasteiger partial charge is 0.488 e. The number of carbonyl (C=O) groups excluding carboxylic acids is 4. The fourth-order valence-electron chi connectivity index (χ4n) is 10.4. The number of H-pyrrole nitrogens is 1.